The maximum atomic E-state index is 13.0. The van der Waals surface area contributed by atoms with Crippen LogP contribution >= 0.6 is 0 Å². The summed E-state index contributed by atoms with van der Waals surface area (Å²) in [6.07, 6.45) is 4.93. The number of rotatable bonds is 4. The van der Waals surface area contributed by atoms with Crippen molar-refractivity contribution >= 4 is 22.8 Å². The number of nitriles is 1. The average molecular weight is 409 g/mol. The molecule has 2 heterocycles. The molecule has 158 valence electrons. The maximum Gasteiger partial charge on any atom is 0.329 e. The van der Waals surface area contributed by atoms with Crippen LogP contribution in [0.3, 0.4) is 0 Å². The third kappa shape index (κ3) is 4.39. The van der Waals surface area contributed by atoms with E-state index in [4.69, 9.17) is 19.4 Å². The van der Waals surface area contributed by atoms with Crippen molar-refractivity contribution in [1.29, 1.82) is 5.26 Å². The molecule has 0 bridgehead atoms. The van der Waals surface area contributed by atoms with Gasteiger partial charge in [-0.25, -0.2) is 9.97 Å². The topological polar surface area (TPSA) is 88.3 Å². The van der Waals surface area contributed by atoms with E-state index in [0.717, 1.165) is 31.2 Å². The molecule has 2 fully saturated rings. The molecule has 3 atom stereocenters. The number of aromatic nitrogens is 2. The third-order valence-electron chi connectivity index (χ3n) is 5.77. The van der Waals surface area contributed by atoms with E-state index in [-0.39, 0.29) is 18.3 Å². The summed E-state index contributed by atoms with van der Waals surface area (Å²) in [6.45, 7) is 5.27. The largest absolute Gasteiger partial charge is 0.461 e. The second-order valence-electron chi connectivity index (χ2n) is 8.34. The van der Waals surface area contributed by atoms with E-state index in [0.29, 0.717) is 30.1 Å². The van der Waals surface area contributed by atoms with Gasteiger partial charge in [0.15, 0.2) is 11.7 Å². The number of hydrogen-bond acceptors (Lipinski definition) is 7. The van der Waals surface area contributed by atoms with Gasteiger partial charge < -0.3 is 14.4 Å². The fraction of sp³-hybridized carbons (Fsp3) is 0.565. The molecule has 7 nitrogen and oxygen atoms in total. The van der Waals surface area contributed by atoms with Gasteiger partial charge in [0.25, 0.3) is 0 Å². The number of carbonyl (C=O) groups is 1. The number of morpholine rings is 1. The average Bonchev–Trinajstić information content (AvgIpc) is 2.74. The minimum Gasteiger partial charge on any atom is -0.461 e. The summed E-state index contributed by atoms with van der Waals surface area (Å²) in [6, 6.07) is 9.66. The van der Waals surface area contributed by atoms with E-state index in [9.17, 15) is 10.1 Å². The summed E-state index contributed by atoms with van der Waals surface area (Å²) in [4.78, 5) is 24.6. The van der Waals surface area contributed by atoms with E-state index >= 15 is 0 Å². The first-order chi connectivity index (χ1) is 14.5. The van der Waals surface area contributed by atoms with Crippen LogP contribution in [0.4, 0.5) is 5.82 Å². The third-order valence-corrected chi connectivity index (χ3v) is 5.77. The lowest BCUT2D eigenvalue weighted by molar-refractivity contribution is -0.150. The summed E-state index contributed by atoms with van der Waals surface area (Å²) in [5.41, 5.74) is 1.77. The standard InChI is InChI=1S/C23H28N4O3/c1-15-13-27(14-16(2)29-15)22-21(25-19-10-6-7-11-20(19)26-22)18(12-24)23(28)30-17-8-4-3-5-9-17/h6-7,10-11,15-18H,3-5,8-9,13-14H2,1-2H3/t15-,16-,18+/m0/s1. The quantitative estimate of drug-likeness (QED) is 0.712. The summed E-state index contributed by atoms with van der Waals surface area (Å²) >= 11 is 0. The number of para-hydroxylation sites is 2. The molecule has 0 amide bonds. The SMILES string of the molecule is C[C@H]1CN(c2nc3ccccc3nc2[C@@H](C#N)C(=O)OC2CCCCC2)C[C@H](C)O1. The molecule has 1 aromatic carbocycles. The van der Waals surface area contributed by atoms with Gasteiger partial charge in [0.1, 0.15) is 11.8 Å². The number of fused-ring (bicyclic) bond motifs is 1. The first-order valence-corrected chi connectivity index (χ1v) is 10.8. The molecule has 1 aromatic heterocycles. The number of benzene rings is 1. The van der Waals surface area contributed by atoms with Crippen LogP contribution in [0.25, 0.3) is 11.0 Å². The van der Waals surface area contributed by atoms with Crippen LogP contribution in [0.15, 0.2) is 24.3 Å². The van der Waals surface area contributed by atoms with Crippen molar-refractivity contribution in [2.24, 2.45) is 0 Å². The van der Waals surface area contributed by atoms with Gasteiger partial charge in [-0.3, -0.25) is 4.79 Å². The molecule has 1 aliphatic carbocycles. The minimum absolute atomic E-state index is 0.0181. The molecule has 1 aliphatic heterocycles. The van der Waals surface area contributed by atoms with E-state index in [1.54, 1.807) is 0 Å². The molecule has 0 radical (unpaired) electrons. The van der Waals surface area contributed by atoms with Gasteiger partial charge in [0.05, 0.1) is 29.3 Å². The first kappa shape index (κ1) is 20.5. The van der Waals surface area contributed by atoms with Crippen molar-refractivity contribution in [3.8, 4) is 6.07 Å². The normalized spacial score (nSPS) is 23.7. The zero-order valence-corrected chi connectivity index (χ0v) is 17.6. The van der Waals surface area contributed by atoms with E-state index in [2.05, 4.69) is 11.0 Å². The smallest absolute Gasteiger partial charge is 0.329 e. The molecule has 0 N–H and O–H groups in total. The minimum atomic E-state index is -1.10. The Morgan fingerprint density at radius 2 is 1.77 bits per heavy atom. The Bertz CT molecular complexity index is 941. The molecule has 1 saturated carbocycles. The number of esters is 1. The second kappa shape index (κ2) is 8.97. The van der Waals surface area contributed by atoms with Gasteiger partial charge in [-0.15, -0.1) is 0 Å². The molecular weight excluding hydrogens is 380 g/mol. The molecule has 30 heavy (non-hydrogen) atoms. The van der Waals surface area contributed by atoms with Crippen molar-refractivity contribution in [3.05, 3.63) is 30.0 Å². The summed E-state index contributed by atoms with van der Waals surface area (Å²) in [5, 5.41) is 9.92. The predicted octanol–water partition coefficient (Wildman–Crippen LogP) is 3.73. The van der Waals surface area contributed by atoms with Gasteiger partial charge in [-0.05, 0) is 51.7 Å². The summed E-state index contributed by atoms with van der Waals surface area (Å²) < 4.78 is 11.6. The molecule has 2 aromatic rings. The van der Waals surface area contributed by atoms with Crippen molar-refractivity contribution in [1.82, 2.24) is 9.97 Å². The number of carbonyl (C=O) groups excluding carboxylic acids is 1. The molecular formula is C23H28N4O3. The van der Waals surface area contributed by atoms with Gasteiger partial charge >= 0.3 is 5.97 Å². The Morgan fingerprint density at radius 1 is 1.13 bits per heavy atom. The van der Waals surface area contributed by atoms with E-state index in [1.165, 1.54) is 6.42 Å². The lowest BCUT2D eigenvalue weighted by atomic mass is 9.97. The van der Waals surface area contributed by atoms with Crippen LogP contribution in [0.1, 0.15) is 57.6 Å². The summed E-state index contributed by atoms with van der Waals surface area (Å²) in [7, 11) is 0. The summed E-state index contributed by atoms with van der Waals surface area (Å²) in [5.74, 6) is -1.06. The molecule has 0 spiro atoms. The van der Waals surface area contributed by atoms with Gasteiger partial charge in [-0.1, -0.05) is 18.6 Å². The number of anilines is 1. The van der Waals surface area contributed by atoms with E-state index < -0.39 is 11.9 Å². The fourth-order valence-electron chi connectivity index (χ4n) is 4.42. The molecule has 0 unspecified atom stereocenters. The van der Waals surface area contributed by atoms with E-state index in [1.807, 2.05) is 38.1 Å². The zero-order chi connectivity index (χ0) is 21.1. The lowest BCUT2D eigenvalue weighted by Crippen LogP contribution is -2.46. The van der Waals surface area contributed by atoms with Crippen LogP contribution in [0.2, 0.25) is 0 Å². The Morgan fingerprint density at radius 3 is 2.40 bits per heavy atom. The number of hydrogen-bond donors (Lipinski definition) is 0. The molecule has 1 saturated heterocycles. The highest BCUT2D eigenvalue weighted by Crippen LogP contribution is 2.31. The predicted molar refractivity (Wildman–Crippen MR) is 113 cm³/mol. The Kier molecular flexibility index (Phi) is 6.14. The highest BCUT2D eigenvalue weighted by Gasteiger charge is 2.34. The molecule has 2 aliphatic rings. The van der Waals surface area contributed by atoms with Crippen molar-refractivity contribution in [2.75, 3.05) is 18.0 Å². The number of nitrogens with zero attached hydrogens (tertiary/aromatic N) is 4. The van der Waals surface area contributed by atoms with Crippen LogP contribution in [0, 0.1) is 11.3 Å². The molecule has 7 heteroatoms. The lowest BCUT2D eigenvalue weighted by Gasteiger charge is -2.37. The van der Waals surface area contributed by atoms with Crippen LogP contribution in [-0.2, 0) is 14.3 Å². The monoisotopic (exact) mass is 408 g/mol. The van der Waals surface area contributed by atoms with Crippen LogP contribution in [-0.4, -0.2) is 47.3 Å². The second-order valence-corrected chi connectivity index (χ2v) is 8.34. The van der Waals surface area contributed by atoms with Gasteiger partial charge in [0.2, 0.25) is 0 Å². The highest BCUT2D eigenvalue weighted by molar-refractivity contribution is 5.85. The Hall–Kier alpha value is -2.72. The zero-order valence-electron chi connectivity index (χ0n) is 17.6. The van der Waals surface area contributed by atoms with Crippen LogP contribution in [0.5, 0.6) is 0 Å². The highest BCUT2D eigenvalue weighted by atomic mass is 16.5. The van der Waals surface area contributed by atoms with Gasteiger partial charge in [-0.2, -0.15) is 5.26 Å². The van der Waals surface area contributed by atoms with Crippen molar-refractivity contribution in [2.45, 2.75) is 70.2 Å². The Labute approximate surface area is 177 Å². The first-order valence-electron chi connectivity index (χ1n) is 10.8. The van der Waals surface area contributed by atoms with Gasteiger partial charge in [0, 0.05) is 13.1 Å². The fourth-order valence-corrected chi connectivity index (χ4v) is 4.42. The number of ether oxygens (including phenoxy) is 2. The maximum absolute atomic E-state index is 13.0. The van der Waals surface area contributed by atoms with Crippen molar-refractivity contribution < 1.29 is 14.3 Å². The van der Waals surface area contributed by atoms with Crippen LogP contribution < -0.4 is 4.90 Å². The molecule has 4 rings (SSSR count). The Balaban J connectivity index is 1.71. The van der Waals surface area contributed by atoms with Crippen molar-refractivity contribution in [3.63, 3.8) is 0 Å².